The number of carboxylic acids is 1. The highest BCUT2D eigenvalue weighted by Gasteiger charge is 2.13. The van der Waals surface area contributed by atoms with Gasteiger partial charge in [-0.05, 0) is 18.6 Å². The average Bonchev–Trinajstić information content (AvgIpc) is 2.20. The Bertz CT molecular complexity index is 355. The van der Waals surface area contributed by atoms with Gasteiger partial charge in [0.25, 0.3) is 0 Å². The molecule has 0 amide bonds. The van der Waals surface area contributed by atoms with E-state index in [1.807, 2.05) is 0 Å². The summed E-state index contributed by atoms with van der Waals surface area (Å²) in [6.07, 6.45) is 0.438. The zero-order chi connectivity index (χ0) is 11.3. The topological polar surface area (TPSA) is 69.6 Å². The molecule has 0 atom stereocenters. The monoisotopic (exact) mass is 213 g/mol. The van der Waals surface area contributed by atoms with Gasteiger partial charge in [0.05, 0.1) is 11.3 Å². The number of anilines is 1. The third kappa shape index (κ3) is 2.92. The summed E-state index contributed by atoms with van der Waals surface area (Å²) in [7, 11) is 0. The number of carboxylic acid groups (broad SMARTS) is 1. The molecular weight excluding hydrogens is 201 g/mol. The summed E-state index contributed by atoms with van der Waals surface area (Å²) in [6, 6.07) is 3.86. The standard InChI is InChI=1S/C10H12FNO3/c11-8-4-1-3-7(10(14)15)9(8)12-5-2-6-13/h1,3-4,12-13H,2,5-6H2,(H,14,15). The lowest BCUT2D eigenvalue weighted by Gasteiger charge is -2.09. The fourth-order valence-corrected chi connectivity index (χ4v) is 1.17. The van der Waals surface area contributed by atoms with E-state index in [2.05, 4.69) is 5.32 Å². The number of benzene rings is 1. The van der Waals surface area contributed by atoms with Crippen LogP contribution in [-0.4, -0.2) is 29.3 Å². The molecule has 4 nitrogen and oxygen atoms in total. The molecule has 1 aromatic carbocycles. The van der Waals surface area contributed by atoms with Gasteiger partial charge in [0.2, 0.25) is 0 Å². The van der Waals surface area contributed by atoms with Crippen LogP contribution in [0.3, 0.4) is 0 Å². The van der Waals surface area contributed by atoms with Crippen molar-refractivity contribution in [2.75, 3.05) is 18.5 Å². The fraction of sp³-hybridized carbons (Fsp3) is 0.300. The zero-order valence-electron chi connectivity index (χ0n) is 8.03. The molecule has 5 heteroatoms. The molecule has 0 heterocycles. The number of nitrogens with one attached hydrogen (secondary N) is 1. The molecule has 1 aromatic rings. The molecule has 0 aromatic heterocycles. The lowest BCUT2D eigenvalue weighted by Crippen LogP contribution is -2.10. The molecule has 0 aliphatic rings. The van der Waals surface area contributed by atoms with E-state index in [1.54, 1.807) is 0 Å². The van der Waals surface area contributed by atoms with E-state index in [0.29, 0.717) is 13.0 Å². The Morgan fingerprint density at radius 2 is 2.20 bits per heavy atom. The van der Waals surface area contributed by atoms with Crippen LogP contribution in [0.2, 0.25) is 0 Å². The zero-order valence-corrected chi connectivity index (χ0v) is 8.03. The van der Waals surface area contributed by atoms with Gasteiger partial charge in [0, 0.05) is 13.2 Å². The second kappa shape index (κ2) is 5.31. The van der Waals surface area contributed by atoms with Crippen LogP contribution in [-0.2, 0) is 0 Å². The summed E-state index contributed by atoms with van der Waals surface area (Å²) in [5, 5.41) is 20.0. The molecule has 0 saturated heterocycles. The van der Waals surface area contributed by atoms with Gasteiger partial charge in [-0.15, -0.1) is 0 Å². The number of aliphatic hydroxyl groups is 1. The van der Waals surface area contributed by atoms with E-state index in [4.69, 9.17) is 10.2 Å². The first-order chi connectivity index (χ1) is 7.16. The van der Waals surface area contributed by atoms with E-state index in [0.717, 1.165) is 0 Å². The first-order valence-electron chi connectivity index (χ1n) is 4.53. The maximum Gasteiger partial charge on any atom is 0.337 e. The Hall–Kier alpha value is -1.62. The van der Waals surface area contributed by atoms with Crippen molar-refractivity contribution in [2.24, 2.45) is 0 Å². The molecule has 0 radical (unpaired) electrons. The van der Waals surface area contributed by atoms with Crippen LogP contribution in [0, 0.1) is 5.82 Å². The summed E-state index contributed by atoms with van der Waals surface area (Å²) < 4.78 is 13.2. The van der Waals surface area contributed by atoms with Crippen LogP contribution in [0.4, 0.5) is 10.1 Å². The lowest BCUT2D eigenvalue weighted by molar-refractivity contribution is 0.0697. The summed E-state index contributed by atoms with van der Waals surface area (Å²) in [6.45, 7) is 0.307. The van der Waals surface area contributed by atoms with Crippen molar-refractivity contribution >= 4 is 11.7 Å². The van der Waals surface area contributed by atoms with Gasteiger partial charge in [-0.3, -0.25) is 0 Å². The summed E-state index contributed by atoms with van der Waals surface area (Å²) >= 11 is 0. The minimum Gasteiger partial charge on any atom is -0.478 e. The highest BCUT2D eigenvalue weighted by molar-refractivity contribution is 5.94. The second-order valence-electron chi connectivity index (χ2n) is 2.97. The third-order valence-corrected chi connectivity index (χ3v) is 1.88. The van der Waals surface area contributed by atoms with Crippen molar-refractivity contribution in [3.63, 3.8) is 0 Å². The van der Waals surface area contributed by atoms with Crippen LogP contribution < -0.4 is 5.32 Å². The van der Waals surface area contributed by atoms with E-state index < -0.39 is 11.8 Å². The Morgan fingerprint density at radius 1 is 1.47 bits per heavy atom. The molecule has 0 fully saturated rings. The number of para-hydroxylation sites is 1. The van der Waals surface area contributed by atoms with Crippen LogP contribution in [0.15, 0.2) is 18.2 Å². The van der Waals surface area contributed by atoms with Crippen LogP contribution in [0.25, 0.3) is 0 Å². The van der Waals surface area contributed by atoms with Crippen molar-refractivity contribution < 1.29 is 19.4 Å². The van der Waals surface area contributed by atoms with Crippen molar-refractivity contribution in [1.82, 2.24) is 0 Å². The molecule has 82 valence electrons. The average molecular weight is 213 g/mol. The second-order valence-corrected chi connectivity index (χ2v) is 2.97. The molecule has 15 heavy (non-hydrogen) atoms. The van der Waals surface area contributed by atoms with E-state index in [9.17, 15) is 9.18 Å². The molecule has 3 N–H and O–H groups in total. The Balaban J connectivity index is 2.87. The number of aliphatic hydroxyl groups excluding tert-OH is 1. The third-order valence-electron chi connectivity index (χ3n) is 1.88. The molecule has 0 unspecified atom stereocenters. The molecule has 0 aliphatic heterocycles. The smallest absolute Gasteiger partial charge is 0.337 e. The molecule has 0 saturated carbocycles. The maximum atomic E-state index is 13.2. The van der Waals surface area contributed by atoms with Crippen molar-refractivity contribution in [1.29, 1.82) is 0 Å². The molecule has 0 bridgehead atoms. The SMILES string of the molecule is O=C(O)c1cccc(F)c1NCCCO. The number of hydrogen-bond donors (Lipinski definition) is 3. The first-order valence-corrected chi connectivity index (χ1v) is 4.53. The van der Waals surface area contributed by atoms with Gasteiger partial charge in [0.1, 0.15) is 5.82 Å². The summed E-state index contributed by atoms with van der Waals surface area (Å²) in [5.41, 5.74) is -0.133. The van der Waals surface area contributed by atoms with Crippen molar-refractivity contribution in [3.05, 3.63) is 29.6 Å². The largest absolute Gasteiger partial charge is 0.478 e. The minimum absolute atomic E-state index is 0.0240. The van der Waals surface area contributed by atoms with Crippen LogP contribution in [0.5, 0.6) is 0 Å². The van der Waals surface area contributed by atoms with Gasteiger partial charge in [-0.2, -0.15) is 0 Å². The van der Waals surface area contributed by atoms with Gasteiger partial charge < -0.3 is 15.5 Å². The lowest BCUT2D eigenvalue weighted by atomic mass is 10.1. The van der Waals surface area contributed by atoms with Gasteiger partial charge in [-0.25, -0.2) is 9.18 Å². The maximum absolute atomic E-state index is 13.2. The van der Waals surface area contributed by atoms with Crippen LogP contribution >= 0.6 is 0 Å². The quantitative estimate of drug-likeness (QED) is 0.645. The van der Waals surface area contributed by atoms with E-state index in [1.165, 1.54) is 18.2 Å². The molecule has 0 spiro atoms. The Kier molecular flexibility index (Phi) is 4.05. The number of carbonyl (C=O) groups is 1. The molecular formula is C10H12FNO3. The fourth-order valence-electron chi connectivity index (χ4n) is 1.17. The number of halogens is 1. The molecule has 1 rings (SSSR count). The van der Waals surface area contributed by atoms with Crippen molar-refractivity contribution in [3.8, 4) is 0 Å². The summed E-state index contributed by atoms with van der Waals surface area (Å²) in [4.78, 5) is 10.8. The molecule has 0 aliphatic carbocycles. The van der Waals surface area contributed by atoms with Gasteiger partial charge in [-0.1, -0.05) is 6.07 Å². The summed E-state index contributed by atoms with van der Waals surface area (Å²) in [5.74, 6) is -1.78. The minimum atomic E-state index is -1.18. The van der Waals surface area contributed by atoms with Crippen LogP contribution in [0.1, 0.15) is 16.8 Å². The first kappa shape index (κ1) is 11.5. The Morgan fingerprint density at radius 3 is 2.80 bits per heavy atom. The Labute approximate surface area is 86.4 Å². The predicted molar refractivity (Wildman–Crippen MR) is 53.6 cm³/mol. The van der Waals surface area contributed by atoms with Gasteiger partial charge >= 0.3 is 5.97 Å². The highest BCUT2D eigenvalue weighted by atomic mass is 19.1. The number of aromatic carboxylic acids is 1. The van der Waals surface area contributed by atoms with E-state index in [-0.39, 0.29) is 17.9 Å². The van der Waals surface area contributed by atoms with Gasteiger partial charge in [0.15, 0.2) is 0 Å². The highest BCUT2D eigenvalue weighted by Crippen LogP contribution is 2.19. The predicted octanol–water partition coefficient (Wildman–Crippen LogP) is 1.32. The van der Waals surface area contributed by atoms with E-state index >= 15 is 0 Å². The number of rotatable bonds is 5. The van der Waals surface area contributed by atoms with Crippen molar-refractivity contribution in [2.45, 2.75) is 6.42 Å². The number of hydrogen-bond acceptors (Lipinski definition) is 3. The normalized spacial score (nSPS) is 10.0.